The molecule has 0 saturated heterocycles. The van der Waals surface area contributed by atoms with Crippen LogP contribution in [0.5, 0.6) is 5.75 Å². The number of carbonyl (C=O) groups is 2. The second-order valence-electron chi connectivity index (χ2n) is 5.51. The summed E-state index contributed by atoms with van der Waals surface area (Å²) in [5.41, 5.74) is 2.81. The van der Waals surface area contributed by atoms with Crippen LogP contribution in [0.4, 0.5) is 5.69 Å². The van der Waals surface area contributed by atoms with Crippen molar-refractivity contribution < 1.29 is 14.3 Å². The van der Waals surface area contributed by atoms with Gasteiger partial charge in [0, 0.05) is 25.2 Å². The van der Waals surface area contributed by atoms with Gasteiger partial charge in [0.15, 0.2) is 0 Å². The van der Waals surface area contributed by atoms with Crippen LogP contribution in [0, 0.1) is 6.92 Å². The fourth-order valence-electron chi connectivity index (χ4n) is 2.36. The molecule has 126 valence electrons. The van der Waals surface area contributed by atoms with Gasteiger partial charge in [-0.15, -0.1) is 0 Å². The molecule has 5 heteroatoms. The molecular formula is C19H22N2O3. The molecule has 0 aliphatic heterocycles. The van der Waals surface area contributed by atoms with Crippen molar-refractivity contribution in [3.8, 4) is 5.75 Å². The molecule has 2 aromatic rings. The average Bonchev–Trinajstić information content (AvgIpc) is 2.58. The fraction of sp³-hybridized carbons (Fsp3) is 0.263. The van der Waals surface area contributed by atoms with E-state index in [1.54, 1.807) is 31.4 Å². The van der Waals surface area contributed by atoms with Gasteiger partial charge < -0.3 is 15.0 Å². The maximum absolute atomic E-state index is 12.2. The number of hydrogen-bond acceptors (Lipinski definition) is 3. The number of methoxy groups -OCH3 is 1. The highest BCUT2D eigenvalue weighted by molar-refractivity contribution is 5.97. The summed E-state index contributed by atoms with van der Waals surface area (Å²) in [6, 6.07) is 15.0. The minimum absolute atomic E-state index is 0.0334. The first kappa shape index (κ1) is 17.5. The Balaban J connectivity index is 2.03. The Morgan fingerprint density at radius 2 is 1.88 bits per heavy atom. The number of carbonyl (C=O) groups excluding carboxylic acids is 2. The molecule has 2 amide bonds. The molecular weight excluding hydrogens is 304 g/mol. The number of anilines is 1. The molecule has 0 saturated carbocycles. The predicted molar refractivity (Wildman–Crippen MR) is 94.0 cm³/mol. The predicted octanol–water partition coefficient (Wildman–Crippen LogP) is 2.67. The molecule has 1 N–H and O–H groups in total. The Labute approximate surface area is 142 Å². The molecule has 0 radical (unpaired) electrons. The number of hydrogen-bond donors (Lipinski definition) is 1. The zero-order valence-corrected chi connectivity index (χ0v) is 14.2. The molecule has 24 heavy (non-hydrogen) atoms. The van der Waals surface area contributed by atoms with Gasteiger partial charge in [0.1, 0.15) is 12.3 Å². The van der Waals surface area contributed by atoms with Gasteiger partial charge >= 0.3 is 0 Å². The molecule has 0 unspecified atom stereocenters. The van der Waals surface area contributed by atoms with Crippen LogP contribution in [0.15, 0.2) is 48.5 Å². The van der Waals surface area contributed by atoms with E-state index in [0.29, 0.717) is 18.0 Å². The van der Waals surface area contributed by atoms with Crippen LogP contribution in [0.25, 0.3) is 0 Å². The monoisotopic (exact) mass is 326 g/mol. The van der Waals surface area contributed by atoms with E-state index in [2.05, 4.69) is 5.32 Å². The second-order valence-corrected chi connectivity index (χ2v) is 5.51. The van der Waals surface area contributed by atoms with E-state index >= 15 is 0 Å². The summed E-state index contributed by atoms with van der Waals surface area (Å²) < 4.78 is 5.17. The van der Waals surface area contributed by atoms with Crippen molar-refractivity contribution in [3.63, 3.8) is 0 Å². The van der Waals surface area contributed by atoms with E-state index in [0.717, 1.165) is 11.1 Å². The van der Waals surface area contributed by atoms with Gasteiger partial charge in [0.25, 0.3) is 0 Å². The van der Waals surface area contributed by atoms with Crippen molar-refractivity contribution in [1.29, 1.82) is 0 Å². The smallest absolute Gasteiger partial charge is 0.240 e. The maximum atomic E-state index is 12.2. The first-order valence-electron chi connectivity index (χ1n) is 7.74. The van der Waals surface area contributed by atoms with Gasteiger partial charge in [-0.1, -0.05) is 30.3 Å². The van der Waals surface area contributed by atoms with Gasteiger partial charge in [0.2, 0.25) is 11.8 Å². The topological polar surface area (TPSA) is 58.6 Å². The van der Waals surface area contributed by atoms with Gasteiger partial charge in [-0.25, -0.2) is 0 Å². The van der Waals surface area contributed by atoms with E-state index in [1.807, 2.05) is 31.2 Å². The second kappa shape index (κ2) is 8.15. The zero-order chi connectivity index (χ0) is 17.5. The number of rotatable bonds is 6. The van der Waals surface area contributed by atoms with Crippen LogP contribution < -0.4 is 15.0 Å². The molecule has 0 spiro atoms. The average molecular weight is 326 g/mol. The lowest BCUT2D eigenvalue weighted by atomic mass is 10.1. The van der Waals surface area contributed by atoms with Crippen molar-refractivity contribution in [2.75, 3.05) is 18.6 Å². The highest BCUT2D eigenvalue weighted by Crippen LogP contribution is 2.21. The van der Waals surface area contributed by atoms with Crippen LogP contribution >= 0.6 is 0 Å². The number of benzene rings is 2. The molecule has 0 heterocycles. The van der Waals surface area contributed by atoms with E-state index in [1.165, 1.54) is 11.8 Å². The number of amides is 2. The third-order valence-electron chi connectivity index (χ3n) is 3.78. The molecule has 0 fully saturated rings. The lowest BCUT2D eigenvalue weighted by Gasteiger charge is -2.21. The molecule has 0 aliphatic rings. The highest BCUT2D eigenvalue weighted by atomic mass is 16.5. The number of nitrogens with one attached hydrogen (secondary N) is 1. The molecule has 0 aromatic heterocycles. The van der Waals surface area contributed by atoms with Crippen LogP contribution in [-0.2, 0) is 16.1 Å². The Hall–Kier alpha value is -2.82. The summed E-state index contributed by atoms with van der Waals surface area (Å²) in [5, 5.41) is 2.86. The van der Waals surface area contributed by atoms with Crippen LogP contribution in [0.3, 0.4) is 0 Å². The third-order valence-corrected chi connectivity index (χ3v) is 3.78. The molecule has 2 aromatic carbocycles. The van der Waals surface area contributed by atoms with Gasteiger partial charge in [0.05, 0.1) is 7.11 Å². The number of aryl methyl sites for hydroxylation is 1. The van der Waals surface area contributed by atoms with E-state index < -0.39 is 0 Å². The minimum atomic E-state index is -0.212. The Bertz CT molecular complexity index is 728. The fourth-order valence-corrected chi connectivity index (χ4v) is 2.36. The van der Waals surface area contributed by atoms with E-state index in [9.17, 15) is 9.59 Å². The van der Waals surface area contributed by atoms with Crippen molar-refractivity contribution in [2.45, 2.75) is 20.4 Å². The minimum Gasteiger partial charge on any atom is -0.497 e. The summed E-state index contributed by atoms with van der Waals surface area (Å²) in [4.78, 5) is 25.6. The molecule has 5 nitrogen and oxygen atoms in total. The number of ether oxygens (including phenoxy) is 1. The van der Waals surface area contributed by atoms with Crippen molar-refractivity contribution in [3.05, 3.63) is 59.7 Å². The van der Waals surface area contributed by atoms with Crippen molar-refractivity contribution in [1.82, 2.24) is 5.32 Å². The maximum Gasteiger partial charge on any atom is 0.240 e. The Morgan fingerprint density at radius 3 is 2.54 bits per heavy atom. The van der Waals surface area contributed by atoms with E-state index in [-0.39, 0.29) is 18.4 Å². The van der Waals surface area contributed by atoms with Crippen molar-refractivity contribution >= 4 is 17.5 Å². The summed E-state index contributed by atoms with van der Waals surface area (Å²) in [5.74, 6) is 0.227. The molecule has 2 rings (SSSR count). The largest absolute Gasteiger partial charge is 0.497 e. The van der Waals surface area contributed by atoms with Gasteiger partial charge in [-0.2, -0.15) is 0 Å². The van der Waals surface area contributed by atoms with E-state index in [4.69, 9.17) is 4.74 Å². The number of nitrogens with zero attached hydrogens (tertiary/aromatic N) is 1. The first-order valence-corrected chi connectivity index (χ1v) is 7.74. The molecule has 0 aliphatic carbocycles. The van der Waals surface area contributed by atoms with Crippen LogP contribution in [-0.4, -0.2) is 25.5 Å². The molecule has 0 atom stereocenters. The lowest BCUT2D eigenvalue weighted by Crippen LogP contribution is -2.39. The van der Waals surface area contributed by atoms with Crippen LogP contribution in [0.1, 0.15) is 18.1 Å². The SMILES string of the molecule is COc1cccc(N(CC(=O)NCc2ccccc2C)C(C)=O)c1. The normalized spacial score (nSPS) is 10.1. The molecule has 0 bridgehead atoms. The van der Waals surface area contributed by atoms with Gasteiger partial charge in [-0.3, -0.25) is 9.59 Å². The zero-order valence-electron chi connectivity index (χ0n) is 14.2. The Morgan fingerprint density at radius 1 is 1.12 bits per heavy atom. The standard InChI is InChI=1S/C19H22N2O3/c1-14-7-4-5-8-16(14)12-20-19(23)13-21(15(2)22)17-9-6-10-18(11-17)24-3/h4-11H,12-13H2,1-3H3,(H,20,23). The Kier molecular flexibility index (Phi) is 5.95. The highest BCUT2D eigenvalue weighted by Gasteiger charge is 2.16. The van der Waals surface area contributed by atoms with Crippen LogP contribution in [0.2, 0.25) is 0 Å². The first-order chi connectivity index (χ1) is 11.5. The quantitative estimate of drug-likeness (QED) is 0.888. The summed E-state index contributed by atoms with van der Waals surface area (Å²) >= 11 is 0. The van der Waals surface area contributed by atoms with Gasteiger partial charge in [-0.05, 0) is 30.2 Å². The third kappa shape index (κ3) is 4.59. The lowest BCUT2D eigenvalue weighted by molar-refractivity contribution is -0.123. The summed E-state index contributed by atoms with van der Waals surface area (Å²) in [7, 11) is 1.56. The summed E-state index contributed by atoms with van der Waals surface area (Å²) in [6.07, 6.45) is 0. The summed E-state index contributed by atoms with van der Waals surface area (Å²) in [6.45, 7) is 3.84. The van der Waals surface area contributed by atoms with Crippen molar-refractivity contribution in [2.24, 2.45) is 0 Å².